The predicted molar refractivity (Wildman–Crippen MR) is 125 cm³/mol. The second-order valence-electron chi connectivity index (χ2n) is 7.19. The maximum Gasteiger partial charge on any atom is 0.332 e. The highest BCUT2D eigenvalue weighted by atomic mass is 16.5. The van der Waals surface area contributed by atoms with Gasteiger partial charge in [0.15, 0.2) is 11.2 Å². The number of unbranched alkanes of at least 4 members (excludes halogenated alkanes) is 1. The summed E-state index contributed by atoms with van der Waals surface area (Å²) in [7, 11) is 1.78. The molecule has 10 nitrogen and oxygen atoms in total. The zero-order valence-electron chi connectivity index (χ0n) is 18.6. The van der Waals surface area contributed by atoms with Crippen LogP contribution in [0.5, 0.6) is 5.75 Å². The van der Waals surface area contributed by atoms with Crippen LogP contribution >= 0.6 is 0 Å². The van der Waals surface area contributed by atoms with Gasteiger partial charge < -0.3 is 9.30 Å². The van der Waals surface area contributed by atoms with Crippen molar-refractivity contribution in [2.24, 2.45) is 12.2 Å². The number of hydrogen-bond donors (Lipinski definition) is 0. The quantitative estimate of drug-likeness (QED) is 0.208. The van der Waals surface area contributed by atoms with Gasteiger partial charge >= 0.3 is 5.69 Å². The number of aryl methyl sites for hydroxylation is 2. The van der Waals surface area contributed by atoms with Crippen molar-refractivity contribution in [3.05, 3.63) is 66.9 Å². The molecule has 0 radical (unpaired) electrons. The van der Waals surface area contributed by atoms with Crippen molar-refractivity contribution in [2.75, 3.05) is 13.2 Å². The van der Waals surface area contributed by atoms with Gasteiger partial charge in [0.2, 0.25) is 0 Å². The third-order valence-electron chi connectivity index (χ3n) is 5.20. The van der Waals surface area contributed by atoms with E-state index >= 15 is 0 Å². The summed E-state index contributed by atoms with van der Waals surface area (Å²) in [6, 6.07) is 7.63. The summed E-state index contributed by atoms with van der Waals surface area (Å²) >= 11 is 0. The lowest BCUT2D eigenvalue weighted by molar-refractivity contribution is 0.308. The Bertz CT molecular complexity index is 1280. The Morgan fingerprint density at radius 2 is 1.81 bits per heavy atom. The summed E-state index contributed by atoms with van der Waals surface area (Å²) in [6.07, 6.45) is 5.33. The fourth-order valence-electron chi connectivity index (χ4n) is 3.46. The highest BCUT2D eigenvalue weighted by Gasteiger charge is 2.17. The van der Waals surface area contributed by atoms with Crippen LogP contribution in [-0.2, 0) is 20.1 Å². The number of ether oxygens (including phenoxy) is 1. The van der Waals surface area contributed by atoms with E-state index in [0.717, 1.165) is 24.2 Å². The Balaban J connectivity index is 1.78. The van der Waals surface area contributed by atoms with Crippen LogP contribution in [0, 0.1) is 0 Å². The summed E-state index contributed by atoms with van der Waals surface area (Å²) < 4.78 is 10.2. The average Bonchev–Trinajstić information content (AvgIpc) is 3.12. The Morgan fingerprint density at radius 1 is 1.09 bits per heavy atom. The number of fused-ring (bicyclic) bond motifs is 1. The highest BCUT2D eigenvalue weighted by molar-refractivity contribution is 5.76. The lowest BCUT2D eigenvalue weighted by atomic mass is 10.2. The maximum atomic E-state index is 12.8. The molecule has 0 spiro atoms. The minimum absolute atomic E-state index is 0.312. The molecule has 0 fully saturated rings. The summed E-state index contributed by atoms with van der Waals surface area (Å²) in [4.78, 5) is 32.6. The van der Waals surface area contributed by atoms with E-state index in [4.69, 9.17) is 10.3 Å². The standard InChI is InChI=1S/C22H27N7O3/c1-4-28-20-19(21(30)29(5-2)22(28)31)27(3)18(25-20)13-10-16-8-11-17(12-9-16)32-15-7-6-14-24-26-23/h8-13H,4-7,14-15H2,1-3H3/b13-10+. The van der Waals surface area contributed by atoms with Crippen molar-refractivity contribution in [1.82, 2.24) is 18.7 Å². The molecule has 0 amide bonds. The molecule has 0 aliphatic heterocycles. The van der Waals surface area contributed by atoms with Gasteiger partial charge in [0.1, 0.15) is 11.6 Å². The molecule has 0 saturated heterocycles. The van der Waals surface area contributed by atoms with E-state index in [1.54, 1.807) is 18.5 Å². The van der Waals surface area contributed by atoms with Crippen molar-refractivity contribution in [3.8, 4) is 5.75 Å². The first-order chi connectivity index (χ1) is 15.5. The van der Waals surface area contributed by atoms with Crippen LogP contribution in [0.2, 0.25) is 0 Å². The summed E-state index contributed by atoms with van der Waals surface area (Å²) in [5, 5.41) is 3.50. The molecule has 2 heterocycles. The van der Waals surface area contributed by atoms with E-state index in [1.807, 2.05) is 43.3 Å². The molecule has 0 bridgehead atoms. The van der Waals surface area contributed by atoms with Crippen LogP contribution in [0.4, 0.5) is 0 Å². The van der Waals surface area contributed by atoms with E-state index < -0.39 is 0 Å². The number of hydrogen-bond acceptors (Lipinski definition) is 5. The van der Waals surface area contributed by atoms with Gasteiger partial charge in [-0.2, -0.15) is 0 Å². The monoisotopic (exact) mass is 437 g/mol. The fourth-order valence-corrected chi connectivity index (χ4v) is 3.46. The zero-order valence-corrected chi connectivity index (χ0v) is 18.6. The van der Waals surface area contributed by atoms with Gasteiger partial charge in [0.25, 0.3) is 5.56 Å². The molecular weight excluding hydrogens is 410 g/mol. The first-order valence-electron chi connectivity index (χ1n) is 10.6. The minimum Gasteiger partial charge on any atom is -0.494 e. The normalized spacial score (nSPS) is 11.2. The van der Waals surface area contributed by atoms with Gasteiger partial charge in [-0.05, 0) is 56.0 Å². The van der Waals surface area contributed by atoms with Crippen molar-refractivity contribution in [1.29, 1.82) is 0 Å². The third-order valence-corrected chi connectivity index (χ3v) is 5.20. The van der Waals surface area contributed by atoms with Crippen LogP contribution in [0.25, 0.3) is 33.8 Å². The molecule has 2 aromatic heterocycles. The Labute approximate surface area is 185 Å². The topological polar surface area (TPSA) is 120 Å². The molecule has 0 saturated carbocycles. The second-order valence-corrected chi connectivity index (χ2v) is 7.19. The third kappa shape index (κ3) is 4.76. The molecule has 3 rings (SSSR count). The highest BCUT2D eigenvalue weighted by Crippen LogP contribution is 2.16. The molecule has 1 aromatic carbocycles. The average molecular weight is 438 g/mol. The lowest BCUT2D eigenvalue weighted by Crippen LogP contribution is -2.39. The molecular formula is C22H27N7O3. The number of benzene rings is 1. The number of aromatic nitrogens is 4. The van der Waals surface area contributed by atoms with Crippen LogP contribution in [0.15, 0.2) is 39.0 Å². The predicted octanol–water partition coefficient (Wildman–Crippen LogP) is 3.58. The first-order valence-corrected chi connectivity index (χ1v) is 10.6. The molecule has 10 heteroatoms. The van der Waals surface area contributed by atoms with E-state index in [1.165, 1.54) is 9.13 Å². The molecule has 0 aliphatic carbocycles. The van der Waals surface area contributed by atoms with Gasteiger partial charge in [-0.3, -0.25) is 13.9 Å². The zero-order chi connectivity index (χ0) is 23.1. The largest absolute Gasteiger partial charge is 0.494 e. The number of rotatable bonds is 10. The van der Waals surface area contributed by atoms with Crippen molar-refractivity contribution >= 4 is 23.3 Å². The van der Waals surface area contributed by atoms with Gasteiger partial charge in [0.05, 0.1) is 6.61 Å². The van der Waals surface area contributed by atoms with Crippen molar-refractivity contribution < 1.29 is 4.74 Å². The summed E-state index contributed by atoms with van der Waals surface area (Å²) in [6.45, 7) is 5.42. The molecule has 0 N–H and O–H groups in total. The van der Waals surface area contributed by atoms with Gasteiger partial charge in [0, 0.05) is 31.6 Å². The Kier molecular flexibility index (Phi) is 7.51. The van der Waals surface area contributed by atoms with E-state index in [2.05, 4.69) is 15.0 Å². The fraction of sp³-hybridized carbons (Fsp3) is 0.409. The number of azide groups is 1. The second kappa shape index (κ2) is 10.5. The minimum atomic E-state index is -0.338. The Hall–Kier alpha value is -3.78. The molecule has 0 unspecified atom stereocenters. The van der Waals surface area contributed by atoms with Crippen molar-refractivity contribution in [3.63, 3.8) is 0 Å². The number of imidazole rings is 1. The molecule has 32 heavy (non-hydrogen) atoms. The summed E-state index contributed by atoms with van der Waals surface area (Å²) in [5.41, 5.74) is 9.35. The van der Waals surface area contributed by atoms with Crippen LogP contribution < -0.4 is 16.0 Å². The van der Waals surface area contributed by atoms with E-state index in [-0.39, 0.29) is 11.2 Å². The van der Waals surface area contributed by atoms with E-state index in [0.29, 0.717) is 43.2 Å². The van der Waals surface area contributed by atoms with Crippen LogP contribution in [-0.4, -0.2) is 31.8 Å². The smallest absolute Gasteiger partial charge is 0.332 e. The Morgan fingerprint density at radius 3 is 2.47 bits per heavy atom. The maximum absolute atomic E-state index is 12.8. The van der Waals surface area contributed by atoms with Crippen molar-refractivity contribution in [2.45, 2.75) is 39.8 Å². The van der Waals surface area contributed by atoms with Crippen LogP contribution in [0.3, 0.4) is 0 Å². The first kappa shape index (κ1) is 22.9. The number of nitrogens with zero attached hydrogens (tertiary/aromatic N) is 7. The van der Waals surface area contributed by atoms with Gasteiger partial charge in [-0.1, -0.05) is 23.3 Å². The molecule has 168 valence electrons. The molecule has 3 aromatic rings. The molecule has 0 atom stereocenters. The van der Waals surface area contributed by atoms with Gasteiger partial charge in [-0.15, -0.1) is 0 Å². The van der Waals surface area contributed by atoms with E-state index in [9.17, 15) is 9.59 Å². The summed E-state index contributed by atoms with van der Waals surface area (Å²) in [5.74, 6) is 1.36. The van der Waals surface area contributed by atoms with Gasteiger partial charge in [-0.25, -0.2) is 9.78 Å². The SMILES string of the molecule is CCn1c(=O)c2c(nc(/C=C/c3ccc(OCCCCN=[N+]=[N-])cc3)n2C)n(CC)c1=O. The van der Waals surface area contributed by atoms with Crippen LogP contribution in [0.1, 0.15) is 38.1 Å². The molecule has 0 aliphatic rings. The lowest BCUT2D eigenvalue weighted by Gasteiger charge is -2.08.